The maximum Gasteiger partial charge on any atom is 0.233 e. The molecule has 4 unspecified atom stereocenters. The molecule has 18 heavy (non-hydrogen) atoms. The van der Waals surface area contributed by atoms with Crippen LogP contribution in [0.2, 0.25) is 0 Å². The Kier molecular flexibility index (Phi) is 3.35. The molecular weight excluding hydrogens is 230 g/mol. The molecule has 0 radical (unpaired) electrons. The van der Waals surface area contributed by atoms with Crippen molar-refractivity contribution in [3.05, 3.63) is 11.7 Å². The first-order valence-corrected chi connectivity index (χ1v) is 6.86. The third-order valence-electron chi connectivity index (χ3n) is 4.29. The van der Waals surface area contributed by atoms with Crippen LogP contribution >= 0.6 is 0 Å². The number of hydrogen-bond donors (Lipinski definition) is 1. The minimum atomic E-state index is 0.204. The fourth-order valence-electron chi connectivity index (χ4n) is 3.09. The lowest BCUT2D eigenvalue weighted by molar-refractivity contribution is 0.185. The molecule has 0 amide bonds. The van der Waals surface area contributed by atoms with Crippen molar-refractivity contribution in [2.24, 2.45) is 5.92 Å². The van der Waals surface area contributed by atoms with Gasteiger partial charge in [-0.2, -0.15) is 4.98 Å². The van der Waals surface area contributed by atoms with Gasteiger partial charge < -0.3 is 14.6 Å². The monoisotopic (exact) mass is 251 g/mol. The SMILES string of the molecule is CNC1COCC1c1nc(C2CCC(C)C2)no1. The van der Waals surface area contributed by atoms with E-state index < -0.39 is 0 Å². The molecule has 100 valence electrons. The Morgan fingerprint density at radius 3 is 2.89 bits per heavy atom. The molecule has 1 saturated heterocycles. The zero-order chi connectivity index (χ0) is 12.5. The predicted octanol–water partition coefficient (Wildman–Crippen LogP) is 1.67. The van der Waals surface area contributed by atoms with Gasteiger partial charge in [-0.3, -0.25) is 0 Å². The Bertz CT molecular complexity index is 407. The van der Waals surface area contributed by atoms with Crippen LogP contribution in [-0.4, -0.2) is 36.4 Å². The van der Waals surface area contributed by atoms with Gasteiger partial charge in [-0.25, -0.2) is 0 Å². The second-order valence-corrected chi connectivity index (χ2v) is 5.65. The van der Waals surface area contributed by atoms with Gasteiger partial charge in [0.05, 0.1) is 19.1 Å². The highest BCUT2D eigenvalue weighted by Crippen LogP contribution is 2.37. The van der Waals surface area contributed by atoms with Gasteiger partial charge in [0, 0.05) is 12.0 Å². The maximum absolute atomic E-state index is 5.48. The van der Waals surface area contributed by atoms with Gasteiger partial charge in [-0.15, -0.1) is 0 Å². The van der Waals surface area contributed by atoms with E-state index in [1.807, 2.05) is 7.05 Å². The minimum Gasteiger partial charge on any atom is -0.379 e. The van der Waals surface area contributed by atoms with E-state index in [1.54, 1.807) is 0 Å². The quantitative estimate of drug-likeness (QED) is 0.885. The zero-order valence-electron chi connectivity index (χ0n) is 11.1. The summed E-state index contributed by atoms with van der Waals surface area (Å²) >= 11 is 0. The molecule has 0 bridgehead atoms. The average Bonchev–Trinajstić information content (AvgIpc) is 3.07. The Morgan fingerprint density at radius 2 is 2.17 bits per heavy atom. The number of nitrogens with one attached hydrogen (secondary N) is 1. The van der Waals surface area contributed by atoms with Crippen molar-refractivity contribution in [2.45, 2.75) is 44.1 Å². The van der Waals surface area contributed by atoms with Crippen LogP contribution in [0.3, 0.4) is 0 Å². The summed E-state index contributed by atoms with van der Waals surface area (Å²) in [6.07, 6.45) is 3.66. The fourth-order valence-corrected chi connectivity index (χ4v) is 3.09. The van der Waals surface area contributed by atoms with Crippen LogP contribution in [0.5, 0.6) is 0 Å². The lowest BCUT2D eigenvalue weighted by Gasteiger charge is -2.11. The molecule has 2 fully saturated rings. The minimum absolute atomic E-state index is 0.204. The lowest BCUT2D eigenvalue weighted by atomic mass is 10.0. The van der Waals surface area contributed by atoms with Crippen molar-refractivity contribution in [3.8, 4) is 0 Å². The van der Waals surface area contributed by atoms with E-state index in [2.05, 4.69) is 22.4 Å². The van der Waals surface area contributed by atoms with Crippen molar-refractivity contribution in [3.63, 3.8) is 0 Å². The third kappa shape index (κ3) is 2.17. The first-order chi connectivity index (χ1) is 8.78. The van der Waals surface area contributed by atoms with Crippen LogP contribution in [0.25, 0.3) is 0 Å². The van der Waals surface area contributed by atoms with Crippen molar-refractivity contribution in [1.82, 2.24) is 15.5 Å². The summed E-state index contributed by atoms with van der Waals surface area (Å²) in [5.74, 6) is 3.12. The average molecular weight is 251 g/mol. The number of rotatable bonds is 3. The third-order valence-corrected chi connectivity index (χ3v) is 4.29. The van der Waals surface area contributed by atoms with E-state index in [0.717, 1.165) is 24.2 Å². The highest BCUT2D eigenvalue weighted by atomic mass is 16.5. The van der Waals surface area contributed by atoms with Crippen molar-refractivity contribution in [1.29, 1.82) is 0 Å². The van der Waals surface area contributed by atoms with E-state index in [0.29, 0.717) is 18.6 Å². The first kappa shape index (κ1) is 12.1. The molecular formula is C13H21N3O2. The van der Waals surface area contributed by atoms with Crippen LogP contribution in [0.1, 0.15) is 49.7 Å². The molecule has 1 aliphatic carbocycles. The lowest BCUT2D eigenvalue weighted by Crippen LogP contribution is -2.31. The van der Waals surface area contributed by atoms with E-state index in [4.69, 9.17) is 9.26 Å². The molecule has 4 atom stereocenters. The highest BCUT2D eigenvalue weighted by Gasteiger charge is 2.34. The second kappa shape index (κ2) is 4.97. The Hall–Kier alpha value is -0.940. The van der Waals surface area contributed by atoms with Gasteiger partial charge in [0.2, 0.25) is 5.89 Å². The van der Waals surface area contributed by atoms with E-state index >= 15 is 0 Å². The summed E-state index contributed by atoms with van der Waals surface area (Å²) in [4.78, 5) is 4.61. The second-order valence-electron chi connectivity index (χ2n) is 5.65. The highest BCUT2D eigenvalue weighted by molar-refractivity contribution is 5.05. The molecule has 3 rings (SSSR count). The maximum atomic E-state index is 5.48. The summed E-state index contributed by atoms with van der Waals surface area (Å²) in [7, 11) is 1.95. The molecule has 5 nitrogen and oxygen atoms in total. The van der Waals surface area contributed by atoms with Gasteiger partial charge in [-0.05, 0) is 32.2 Å². The summed E-state index contributed by atoms with van der Waals surface area (Å²) in [5.41, 5.74) is 0. The summed E-state index contributed by atoms with van der Waals surface area (Å²) in [6, 6.07) is 0.292. The number of hydrogen-bond acceptors (Lipinski definition) is 5. The van der Waals surface area contributed by atoms with Crippen LogP contribution in [0.15, 0.2) is 4.52 Å². The van der Waals surface area contributed by atoms with Gasteiger partial charge in [0.1, 0.15) is 0 Å². The van der Waals surface area contributed by atoms with Crippen molar-refractivity contribution < 1.29 is 9.26 Å². The molecule has 5 heteroatoms. The fraction of sp³-hybridized carbons (Fsp3) is 0.846. The van der Waals surface area contributed by atoms with E-state index in [1.165, 1.54) is 19.3 Å². The van der Waals surface area contributed by atoms with Crippen molar-refractivity contribution >= 4 is 0 Å². The van der Waals surface area contributed by atoms with Gasteiger partial charge in [0.15, 0.2) is 5.82 Å². The Labute approximate surface area is 107 Å². The molecule has 1 aromatic heterocycles. The Balaban J connectivity index is 1.73. The largest absolute Gasteiger partial charge is 0.379 e. The van der Waals surface area contributed by atoms with Crippen LogP contribution in [-0.2, 0) is 4.74 Å². The smallest absolute Gasteiger partial charge is 0.233 e. The number of aromatic nitrogens is 2. The predicted molar refractivity (Wildman–Crippen MR) is 66.5 cm³/mol. The van der Waals surface area contributed by atoms with E-state index in [9.17, 15) is 0 Å². The van der Waals surface area contributed by atoms with Gasteiger partial charge in [0.25, 0.3) is 0 Å². The molecule has 0 spiro atoms. The van der Waals surface area contributed by atoms with Crippen LogP contribution in [0.4, 0.5) is 0 Å². The summed E-state index contributed by atoms with van der Waals surface area (Å²) in [5, 5.41) is 7.42. The summed E-state index contributed by atoms with van der Waals surface area (Å²) < 4.78 is 10.9. The molecule has 1 aliphatic heterocycles. The van der Waals surface area contributed by atoms with Crippen molar-refractivity contribution in [2.75, 3.05) is 20.3 Å². The zero-order valence-corrected chi connectivity index (χ0v) is 11.1. The molecule has 0 aromatic carbocycles. The molecule has 1 N–H and O–H groups in total. The standard InChI is InChI=1S/C13H21N3O2/c1-8-3-4-9(5-8)12-15-13(18-16-12)10-6-17-7-11(10)14-2/h8-11,14H,3-7H2,1-2H3. The first-order valence-electron chi connectivity index (χ1n) is 6.86. The van der Waals surface area contributed by atoms with E-state index in [-0.39, 0.29) is 5.92 Å². The topological polar surface area (TPSA) is 60.2 Å². The molecule has 2 heterocycles. The summed E-state index contributed by atoms with van der Waals surface area (Å²) in [6.45, 7) is 3.69. The molecule has 1 aromatic rings. The Morgan fingerprint density at radius 1 is 1.28 bits per heavy atom. The normalized spacial score (nSPS) is 36.3. The number of likely N-dealkylation sites (N-methyl/N-ethyl adjacent to an activating group) is 1. The number of ether oxygens (including phenoxy) is 1. The van der Waals surface area contributed by atoms with Crippen LogP contribution in [0, 0.1) is 5.92 Å². The van der Waals surface area contributed by atoms with Gasteiger partial charge in [-0.1, -0.05) is 12.1 Å². The molecule has 1 saturated carbocycles. The van der Waals surface area contributed by atoms with Crippen LogP contribution < -0.4 is 5.32 Å². The molecule has 2 aliphatic rings. The number of nitrogens with zero attached hydrogens (tertiary/aromatic N) is 2. The van der Waals surface area contributed by atoms with Gasteiger partial charge >= 0.3 is 0 Å².